The zero-order valence-electron chi connectivity index (χ0n) is 8.48. The number of nitrogens with two attached hydrogens (primary N) is 1. The molecule has 1 saturated heterocycles. The van der Waals surface area contributed by atoms with Crippen LogP contribution in [0, 0.1) is 0 Å². The highest BCUT2D eigenvalue weighted by molar-refractivity contribution is 7.99. The molecule has 0 saturated carbocycles. The number of sulfonamides is 1. The van der Waals surface area contributed by atoms with Gasteiger partial charge in [-0.3, -0.25) is 0 Å². The third-order valence-corrected chi connectivity index (χ3v) is 5.59. The molecule has 0 amide bonds. The lowest BCUT2D eigenvalue weighted by Crippen LogP contribution is -2.38. The molecule has 0 bridgehead atoms. The van der Waals surface area contributed by atoms with E-state index in [9.17, 15) is 8.42 Å². The van der Waals surface area contributed by atoms with Crippen molar-refractivity contribution in [3.05, 3.63) is 0 Å². The van der Waals surface area contributed by atoms with E-state index in [1.54, 1.807) is 7.05 Å². The van der Waals surface area contributed by atoms with Crippen LogP contribution in [-0.2, 0) is 10.0 Å². The van der Waals surface area contributed by atoms with E-state index in [2.05, 4.69) is 0 Å². The van der Waals surface area contributed by atoms with Crippen molar-refractivity contribution in [2.24, 2.45) is 5.73 Å². The van der Waals surface area contributed by atoms with Gasteiger partial charge in [-0.05, 0) is 25.1 Å². The number of hydrogen-bond acceptors (Lipinski definition) is 4. The summed E-state index contributed by atoms with van der Waals surface area (Å²) in [5.41, 5.74) is 5.30. The molecule has 0 aromatic rings. The summed E-state index contributed by atoms with van der Waals surface area (Å²) < 4.78 is 25.0. The van der Waals surface area contributed by atoms with E-state index in [4.69, 9.17) is 5.73 Å². The molecule has 1 heterocycles. The normalized spacial score (nSPS) is 23.2. The maximum absolute atomic E-state index is 11.7. The first-order valence-electron chi connectivity index (χ1n) is 4.81. The SMILES string of the molecule is CN(C1CCSC1)S(=O)(=O)CCCN. The topological polar surface area (TPSA) is 63.4 Å². The minimum absolute atomic E-state index is 0.182. The van der Waals surface area contributed by atoms with Crippen LogP contribution >= 0.6 is 11.8 Å². The van der Waals surface area contributed by atoms with Gasteiger partial charge in [0.15, 0.2) is 0 Å². The molecule has 1 rings (SSSR count). The Balaban J connectivity index is 2.52. The average Bonchev–Trinajstić information content (AvgIpc) is 2.66. The van der Waals surface area contributed by atoms with E-state index >= 15 is 0 Å². The van der Waals surface area contributed by atoms with Crippen LogP contribution in [0.5, 0.6) is 0 Å². The first-order valence-corrected chi connectivity index (χ1v) is 7.58. The second-order valence-corrected chi connectivity index (χ2v) is 6.79. The van der Waals surface area contributed by atoms with Crippen molar-refractivity contribution in [3.8, 4) is 0 Å². The van der Waals surface area contributed by atoms with Gasteiger partial charge in [-0.25, -0.2) is 12.7 Å². The minimum Gasteiger partial charge on any atom is -0.330 e. The van der Waals surface area contributed by atoms with Crippen molar-refractivity contribution in [2.75, 3.05) is 30.9 Å². The summed E-state index contributed by atoms with van der Waals surface area (Å²) in [5, 5.41) is 0. The summed E-state index contributed by atoms with van der Waals surface area (Å²) >= 11 is 1.82. The van der Waals surface area contributed by atoms with Crippen molar-refractivity contribution in [2.45, 2.75) is 18.9 Å². The molecule has 0 radical (unpaired) electrons. The Morgan fingerprint density at radius 3 is 2.79 bits per heavy atom. The molecule has 1 unspecified atom stereocenters. The van der Waals surface area contributed by atoms with E-state index in [-0.39, 0.29) is 11.8 Å². The van der Waals surface area contributed by atoms with Crippen molar-refractivity contribution >= 4 is 21.8 Å². The lowest BCUT2D eigenvalue weighted by Gasteiger charge is -2.22. The monoisotopic (exact) mass is 238 g/mol. The lowest BCUT2D eigenvalue weighted by molar-refractivity contribution is 0.394. The van der Waals surface area contributed by atoms with Crippen molar-refractivity contribution < 1.29 is 8.42 Å². The van der Waals surface area contributed by atoms with Crippen molar-refractivity contribution in [1.29, 1.82) is 0 Å². The van der Waals surface area contributed by atoms with E-state index in [0.717, 1.165) is 17.9 Å². The molecule has 1 aliphatic heterocycles. The van der Waals surface area contributed by atoms with Crippen LogP contribution in [0.3, 0.4) is 0 Å². The van der Waals surface area contributed by atoms with E-state index in [0.29, 0.717) is 13.0 Å². The molecule has 0 spiro atoms. The van der Waals surface area contributed by atoms with Crippen LogP contribution in [-0.4, -0.2) is 49.6 Å². The molecule has 4 nitrogen and oxygen atoms in total. The highest BCUT2D eigenvalue weighted by Gasteiger charge is 2.28. The van der Waals surface area contributed by atoms with E-state index < -0.39 is 10.0 Å². The Morgan fingerprint density at radius 2 is 2.29 bits per heavy atom. The average molecular weight is 238 g/mol. The zero-order chi connectivity index (χ0) is 10.6. The van der Waals surface area contributed by atoms with E-state index in [1.807, 2.05) is 11.8 Å². The highest BCUT2D eigenvalue weighted by atomic mass is 32.2. The number of rotatable bonds is 5. The maximum atomic E-state index is 11.7. The van der Waals surface area contributed by atoms with Gasteiger partial charge in [-0.15, -0.1) is 0 Å². The van der Waals surface area contributed by atoms with Crippen LogP contribution in [0.4, 0.5) is 0 Å². The second kappa shape index (κ2) is 5.34. The first kappa shape index (κ1) is 12.3. The van der Waals surface area contributed by atoms with Crippen LogP contribution in [0.2, 0.25) is 0 Å². The fraction of sp³-hybridized carbons (Fsp3) is 1.00. The second-order valence-electron chi connectivity index (χ2n) is 3.49. The van der Waals surface area contributed by atoms with Gasteiger partial charge in [0.1, 0.15) is 0 Å². The summed E-state index contributed by atoms with van der Waals surface area (Å²) in [5.74, 6) is 2.18. The van der Waals surface area contributed by atoms with Gasteiger partial charge in [0, 0.05) is 18.8 Å². The number of hydrogen-bond donors (Lipinski definition) is 1. The highest BCUT2D eigenvalue weighted by Crippen LogP contribution is 2.23. The van der Waals surface area contributed by atoms with Gasteiger partial charge < -0.3 is 5.73 Å². The molecule has 0 aliphatic carbocycles. The van der Waals surface area contributed by atoms with Crippen LogP contribution in [0.1, 0.15) is 12.8 Å². The van der Waals surface area contributed by atoms with Gasteiger partial charge in [0.25, 0.3) is 0 Å². The van der Waals surface area contributed by atoms with Crippen LogP contribution in [0.15, 0.2) is 0 Å². The molecule has 0 aromatic heterocycles. The third-order valence-electron chi connectivity index (χ3n) is 2.47. The Labute approximate surface area is 90.3 Å². The van der Waals surface area contributed by atoms with Gasteiger partial charge in [-0.2, -0.15) is 11.8 Å². The minimum atomic E-state index is -3.07. The van der Waals surface area contributed by atoms with Crippen LogP contribution in [0.25, 0.3) is 0 Å². The largest absolute Gasteiger partial charge is 0.330 e. The van der Waals surface area contributed by atoms with Crippen LogP contribution < -0.4 is 5.73 Å². The van der Waals surface area contributed by atoms with Gasteiger partial charge in [0.2, 0.25) is 10.0 Å². The fourth-order valence-corrected chi connectivity index (χ4v) is 4.26. The van der Waals surface area contributed by atoms with Gasteiger partial charge in [-0.1, -0.05) is 0 Å². The quantitative estimate of drug-likeness (QED) is 0.738. The summed E-state index contributed by atoms with van der Waals surface area (Å²) in [6.07, 6.45) is 1.52. The number of thioether (sulfide) groups is 1. The molecule has 6 heteroatoms. The third kappa shape index (κ3) is 3.12. The van der Waals surface area contributed by atoms with E-state index in [1.165, 1.54) is 4.31 Å². The lowest BCUT2D eigenvalue weighted by atomic mass is 10.3. The summed E-state index contributed by atoms with van der Waals surface area (Å²) in [6, 6.07) is 0.197. The Hall–Kier alpha value is 0.220. The maximum Gasteiger partial charge on any atom is 0.214 e. The van der Waals surface area contributed by atoms with Gasteiger partial charge in [0.05, 0.1) is 5.75 Å². The first-order chi connectivity index (χ1) is 6.58. The smallest absolute Gasteiger partial charge is 0.214 e. The molecule has 1 aliphatic rings. The summed E-state index contributed by atoms with van der Waals surface area (Å²) in [7, 11) is -1.38. The molecule has 1 atom stereocenters. The summed E-state index contributed by atoms with van der Waals surface area (Å²) in [4.78, 5) is 0. The number of nitrogens with zero attached hydrogens (tertiary/aromatic N) is 1. The fourth-order valence-electron chi connectivity index (χ4n) is 1.45. The molecule has 1 fully saturated rings. The Morgan fingerprint density at radius 1 is 1.57 bits per heavy atom. The molecule has 0 aromatic carbocycles. The molecular weight excluding hydrogens is 220 g/mol. The van der Waals surface area contributed by atoms with Gasteiger partial charge >= 0.3 is 0 Å². The zero-order valence-corrected chi connectivity index (χ0v) is 10.1. The Bertz CT molecular complexity index is 261. The molecular formula is C8H18N2O2S2. The molecule has 14 heavy (non-hydrogen) atoms. The predicted octanol–water partition coefficient (Wildman–Crippen LogP) is 0.102. The van der Waals surface area contributed by atoms with Crippen molar-refractivity contribution in [1.82, 2.24) is 4.31 Å². The molecule has 2 N–H and O–H groups in total. The standard InChI is InChI=1S/C8H18N2O2S2/c1-10(8-3-5-13-7-8)14(11,12)6-2-4-9/h8H,2-7,9H2,1H3. The summed E-state index contributed by atoms with van der Waals surface area (Å²) in [6.45, 7) is 0.437. The molecule has 84 valence electrons. The predicted molar refractivity (Wildman–Crippen MR) is 61.0 cm³/mol. The van der Waals surface area contributed by atoms with Crippen molar-refractivity contribution in [3.63, 3.8) is 0 Å². The Kier molecular flexibility index (Phi) is 4.69.